The minimum absolute atomic E-state index is 0.608. The Morgan fingerprint density at radius 1 is 0.857 bits per heavy atom. The number of thiophene rings is 3. The minimum Gasteiger partial charge on any atom is -0.485 e. The summed E-state index contributed by atoms with van der Waals surface area (Å²) in [6, 6.07) is 2.31. The zero-order valence-electron chi connectivity index (χ0n) is 15.4. The minimum atomic E-state index is 0.608. The maximum Gasteiger partial charge on any atom is 0.180 e. The van der Waals surface area contributed by atoms with Crippen LogP contribution in [0.2, 0.25) is 0 Å². The van der Waals surface area contributed by atoms with Crippen LogP contribution in [0.5, 0.6) is 23.0 Å². The predicted molar refractivity (Wildman–Crippen MR) is 119 cm³/mol. The molecule has 0 unspecified atom stereocenters. The van der Waals surface area contributed by atoms with Gasteiger partial charge in [0, 0.05) is 20.5 Å². The number of hydrogen-bond donors (Lipinski definition) is 0. The van der Waals surface area contributed by atoms with Gasteiger partial charge in [-0.15, -0.1) is 45.8 Å². The van der Waals surface area contributed by atoms with E-state index in [1.54, 1.807) is 22.7 Å². The average Bonchev–Trinajstić information content (AvgIpc) is 3.44. The molecule has 4 nitrogen and oxygen atoms in total. The van der Waals surface area contributed by atoms with E-state index in [1.165, 1.54) is 32.4 Å². The van der Waals surface area contributed by atoms with E-state index in [1.807, 2.05) is 23.1 Å². The summed E-state index contributed by atoms with van der Waals surface area (Å²) in [4.78, 5) is 6.14. The fourth-order valence-corrected chi connectivity index (χ4v) is 7.85. The van der Waals surface area contributed by atoms with Crippen molar-refractivity contribution in [3.8, 4) is 42.5 Å². The van der Waals surface area contributed by atoms with Crippen LogP contribution in [-0.2, 0) is 0 Å². The summed E-state index contributed by atoms with van der Waals surface area (Å²) in [5.74, 6) is 4.64. The molecule has 0 saturated heterocycles. The van der Waals surface area contributed by atoms with Gasteiger partial charge in [-0.1, -0.05) is 13.3 Å². The molecule has 148 valence electrons. The molecule has 0 spiro atoms. The van der Waals surface area contributed by atoms with Crippen molar-refractivity contribution in [1.29, 1.82) is 0 Å². The molecule has 0 N–H and O–H groups in total. The van der Waals surface area contributed by atoms with E-state index >= 15 is 0 Å². The first-order chi connectivity index (χ1) is 13.8. The Morgan fingerprint density at radius 3 is 2.21 bits per heavy atom. The largest absolute Gasteiger partial charge is 0.485 e. The maximum atomic E-state index is 5.96. The van der Waals surface area contributed by atoms with Crippen LogP contribution in [0, 0.1) is 0 Å². The average molecular weight is 453 g/mol. The van der Waals surface area contributed by atoms with Gasteiger partial charge in [0.1, 0.15) is 26.4 Å². The topological polar surface area (TPSA) is 36.9 Å². The molecular weight excluding hydrogens is 432 g/mol. The molecule has 5 rings (SSSR count). The summed E-state index contributed by atoms with van der Waals surface area (Å²) in [6.07, 6.45) is 2.41. The Bertz CT molecular complexity index is 971. The van der Waals surface area contributed by atoms with Gasteiger partial charge in [0.2, 0.25) is 0 Å². The number of fused-ring (bicyclic) bond motifs is 2. The molecule has 0 aliphatic carbocycles. The molecule has 0 fully saturated rings. The van der Waals surface area contributed by atoms with Crippen LogP contribution in [-0.4, -0.2) is 32.2 Å². The first kappa shape index (κ1) is 18.7. The monoisotopic (exact) mass is 452 g/mol. The van der Waals surface area contributed by atoms with Gasteiger partial charge in [-0.05, 0) is 18.2 Å². The van der Waals surface area contributed by atoms with Crippen LogP contribution in [0.3, 0.4) is 0 Å². The molecule has 3 aromatic rings. The van der Waals surface area contributed by atoms with Gasteiger partial charge in [-0.3, -0.25) is 0 Å². The highest BCUT2D eigenvalue weighted by molar-refractivity contribution is 7.99. The van der Waals surface area contributed by atoms with Crippen molar-refractivity contribution in [2.75, 3.05) is 32.2 Å². The Balaban J connectivity index is 1.56. The smallest absolute Gasteiger partial charge is 0.180 e. The van der Waals surface area contributed by atoms with E-state index in [0.29, 0.717) is 26.4 Å². The van der Waals surface area contributed by atoms with Crippen LogP contribution >= 0.6 is 45.8 Å². The second kappa shape index (κ2) is 8.18. The molecular formula is C20H20O4S4. The first-order valence-corrected chi connectivity index (χ1v) is 12.9. The van der Waals surface area contributed by atoms with Crippen LogP contribution in [0.25, 0.3) is 19.5 Å². The van der Waals surface area contributed by atoms with Crippen molar-refractivity contribution in [3.63, 3.8) is 0 Å². The van der Waals surface area contributed by atoms with E-state index in [4.69, 9.17) is 18.9 Å². The lowest BCUT2D eigenvalue weighted by Gasteiger charge is -2.16. The number of thioether (sulfide) groups is 1. The van der Waals surface area contributed by atoms with E-state index < -0.39 is 0 Å². The molecule has 2 aliphatic heterocycles. The van der Waals surface area contributed by atoms with Crippen LogP contribution in [0.1, 0.15) is 19.8 Å². The highest BCUT2D eigenvalue weighted by Gasteiger charge is 2.26. The fourth-order valence-electron chi connectivity index (χ4n) is 3.13. The maximum absolute atomic E-state index is 5.96. The lowest BCUT2D eigenvalue weighted by Crippen LogP contribution is -2.14. The summed E-state index contributed by atoms with van der Waals surface area (Å²) in [5.41, 5.74) is 0. The fraction of sp³-hybridized carbons (Fsp3) is 0.400. The van der Waals surface area contributed by atoms with Crippen molar-refractivity contribution in [1.82, 2.24) is 0 Å². The second-order valence-corrected chi connectivity index (χ2v) is 10.4. The van der Waals surface area contributed by atoms with Crippen LogP contribution in [0.4, 0.5) is 0 Å². The van der Waals surface area contributed by atoms with Crippen molar-refractivity contribution in [3.05, 3.63) is 16.8 Å². The summed E-state index contributed by atoms with van der Waals surface area (Å²) < 4.78 is 23.4. The highest BCUT2D eigenvalue weighted by atomic mass is 32.2. The molecule has 28 heavy (non-hydrogen) atoms. The van der Waals surface area contributed by atoms with Gasteiger partial charge in [0.25, 0.3) is 0 Å². The molecule has 0 aromatic carbocycles. The molecule has 5 heterocycles. The number of unbranched alkanes of at least 4 members (excludes halogenated alkanes) is 1. The lowest BCUT2D eigenvalue weighted by molar-refractivity contribution is 0.174. The molecule has 0 atom stereocenters. The molecule has 0 bridgehead atoms. The second-order valence-electron chi connectivity index (χ2n) is 6.42. The van der Waals surface area contributed by atoms with Crippen molar-refractivity contribution in [2.45, 2.75) is 24.7 Å². The Labute approximate surface area is 180 Å². The van der Waals surface area contributed by atoms with Gasteiger partial charge < -0.3 is 18.9 Å². The number of rotatable bonds is 6. The van der Waals surface area contributed by atoms with E-state index in [-0.39, 0.29) is 0 Å². The van der Waals surface area contributed by atoms with Crippen LogP contribution < -0.4 is 18.9 Å². The lowest BCUT2D eigenvalue weighted by atomic mass is 10.3. The summed E-state index contributed by atoms with van der Waals surface area (Å²) in [5, 5.41) is 4.12. The Hall–Kier alpha value is -1.35. The van der Waals surface area contributed by atoms with E-state index in [0.717, 1.165) is 33.6 Å². The third-order valence-electron chi connectivity index (χ3n) is 4.49. The zero-order chi connectivity index (χ0) is 18.9. The summed E-state index contributed by atoms with van der Waals surface area (Å²) in [7, 11) is 0. The standard InChI is InChI=1S/C20H20O4S4/c1-2-3-8-25-14-9-15(18-16-12(10-26-18)21-4-6-23-16)28-19(14)20-17-13(11-27-20)22-5-7-24-17/h9-11H,2-8H2,1H3. The molecule has 2 aliphatic rings. The Kier molecular flexibility index (Phi) is 5.45. The quantitative estimate of drug-likeness (QED) is 0.309. The van der Waals surface area contributed by atoms with Gasteiger partial charge >= 0.3 is 0 Å². The Morgan fingerprint density at radius 2 is 1.50 bits per heavy atom. The SMILES string of the molecule is CCCCSc1cc(-c2scc3c2OCCO3)sc1-c1scc2c1OCCO2. The van der Waals surface area contributed by atoms with Gasteiger partial charge in [0.15, 0.2) is 23.0 Å². The first-order valence-electron chi connectivity index (χ1n) is 9.36. The predicted octanol–water partition coefficient (Wildman–Crippen LogP) is 6.64. The molecule has 0 saturated carbocycles. The van der Waals surface area contributed by atoms with Gasteiger partial charge in [-0.25, -0.2) is 0 Å². The van der Waals surface area contributed by atoms with E-state index in [2.05, 4.69) is 23.8 Å². The van der Waals surface area contributed by atoms with Crippen molar-refractivity contribution in [2.24, 2.45) is 0 Å². The molecule has 0 amide bonds. The van der Waals surface area contributed by atoms with Gasteiger partial charge in [-0.2, -0.15) is 0 Å². The number of hydrogen-bond acceptors (Lipinski definition) is 8. The van der Waals surface area contributed by atoms with Crippen molar-refractivity contribution >= 4 is 45.8 Å². The van der Waals surface area contributed by atoms with Gasteiger partial charge in [0.05, 0.1) is 14.6 Å². The molecule has 8 heteroatoms. The number of ether oxygens (including phenoxy) is 4. The molecule has 0 radical (unpaired) electrons. The highest BCUT2D eigenvalue weighted by Crippen LogP contribution is 2.55. The third kappa shape index (κ3) is 3.40. The summed E-state index contributed by atoms with van der Waals surface area (Å²) >= 11 is 7.14. The van der Waals surface area contributed by atoms with E-state index in [9.17, 15) is 0 Å². The zero-order valence-corrected chi connectivity index (χ0v) is 18.7. The van der Waals surface area contributed by atoms with Crippen LogP contribution in [0.15, 0.2) is 21.7 Å². The normalized spacial score (nSPS) is 15.0. The summed E-state index contributed by atoms with van der Waals surface area (Å²) in [6.45, 7) is 4.69. The van der Waals surface area contributed by atoms with Crippen molar-refractivity contribution < 1.29 is 18.9 Å². The molecule has 3 aromatic heterocycles. The third-order valence-corrected chi connectivity index (χ3v) is 9.10.